The average Bonchev–Trinajstić information content (AvgIpc) is 3.53. The molecule has 1 atom stereocenters. The van der Waals surface area contributed by atoms with Gasteiger partial charge in [-0.2, -0.15) is 0 Å². The van der Waals surface area contributed by atoms with Crippen LogP contribution in [0.3, 0.4) is 0 Å². The molecule has 41 heavy (non-hydrogen) atoms. The van der Waals surface area contributed by atoms with Crippen molar-refractivity contribution in [1.82, 2.24) is 25.1 Å². The summed E-state index contributed by atoms with van der Waals surface area (Å²) >= 11 is 0. The van der Waals surface area contributed by atoms with Gasteiger partial charge in [-0.1, -0.05) is 78.4 Å². The highest BCUT2D eigenvalue weighted by Gasteiger charge is 2.27. The zero-order valence-corrected chi connectivity index (χ0v) is 24.4. The Hall–Kier alpha value is -4.39. The first-order chi connectivity index (χ1) is 19.7. The molecule has 0 fully saturated rings. The van der Waals surface area contributed by atoms with Crippen molar-refractivity contribution in [3.05, 3.63) is 119 Å². The highest BCUT2D eigenvalue weighted by atomic mass is 16.6. The topological polar surface area (TPSA) is 84.8 Å². The van der Waals surface area contributed by atoms with Crippen molar-refractivity contribution in [1.29, 1.82) is 0 Å². The third kappa shape index (κ3) is 7.42. The van der Waals surface area contributed by atoms with E-state index in [-0.39, 0.29) is 0 Å². The summed E-state index contributed by atoms with van der Waals surface area (Å²) in [6, 6.07) is 26.8. The van der Waals surface area contributed by atoms with Gasteiger partial charge in [-0.05, 0) is 63.3 Å². The van der Waals surface area contributed by atoms with Gasteiger partial charge in [0.1, 0.15) is 11.4 Å². The van der Waals surface area contributed by atoms with E-state index in [1.807, 2.05) is 45.2 Å². The van der Waals surface area contributed by atoms with Crippen LogP contribution in [0.4, 0.5) is 4.79 Å². The SMILES string of the molecule is Cc1ccc(Cn2c(CCCc3ccccc3)nnc2[C@@H](Cc2c[nH]c3ccccc23)NC(=O)OC(C)(C)C)cc1. The second kappa shape index (κ2) is 12.4. The molecule has 0 unspecified atom stereocenters. The second-order valence-corrected chi connectivity index (χ2v) is 11.6. The van der Waals surface area contributed by atoms with Gasteiger partial charge in [-0.3, -0.25) is 0 Å². The summed E-state index contributed by atoms with van der Waals surface area (Å²) in [5.74, 6) is 1.63. The number of para-hydroxylation sites is 1. The number of nitrogens with zero attached hydrogens (tertiary/aromatic N) is 3. The van der Waals surface area contributed by atoms with Gasteiger partial charge in [0.2, 0.25) is 0 Å². The van der Waals surface area contributed by atoms with Gasteiger partial charge in [-0.15, -0.1) is 10.2 Å². The Labute approximate surface area is 242 Å². The Balaban J connectivity index is 1.48. The molecule has 2 heterocycles. The molecule has 5 rings (SSSR count). The molecule has 0 aliphatic rings. The number of hydrogen-bond acceptors (Lipinski definition) is 4. The minimum atomic E-state index is -0.617. The number of carbonyl (C=O) groups excluding carboxylic acids is 1. The van der Waals surface area contributed by atoms with E-state index in [9.17, 15) is 4.79 Å². The molecule has 7 nitrogen and oxygen atoms in total. The lowest BCUT2D eigenvalue weighted by Crippen LogP contribution is -2.37. The van der Waals surface area contributed by atoms with Crippen molar-refractivity contribution in [2.45, 2.75) is 71.6 Å². The van der Waals surface area contributed by atoms with Crippen molar-refractivity contribution >= 4 is 17.0 Å². The van der Waals surface area contributed by atoms with Crippen molar-refractivity contribution in [3.63, 3.8) is 0 Å². The number of hydrogen-bond donors (Lipinski definition) is 2. The number of aryl methyl sites for hydroxylation is 3. The van der Waals surface area contributed by atoms with Gasteiger partial charge in [0.25, 0.3) is 0 Å². The molecule has 0 aliphatic carbocycles. The predicted molar refractivity (Wildman–Crippen MR) is 163 cm³/mol. The van der Waals surface area contributed by atoms with Crippen LogP contribution in [0.1, 0.15) is 67.1 Å². The van der Waals surface area contributed by atoms with Crippen molar-refractivity contribution in [2.75, 3.05) is 0 Å². The maximum atomic E-state index is 13.1. The fourth-order valence-electron chi connectivity index (χ4n) is 5.11. The molecule has 212 valence electrons. The summed E-state index contributed by atoms with van der Waals surface area (Å²) < 4.78 is 7.85. The van der Waals surface area contributed by atoms with Crippen LogP contribution in [0, 0.1) is 6.92 Å². The van der Waals surface area contributed by atoms with Crippen LogP contribution in [0.5, 0.6) is 0 Å². The highest BCUT2D eigenvalue weighted by Crippen LogP contribution is 2.26. The van der Waals surface area contributed by atoms with Gasteiger partial charge >= 0.3 is 6.09 Å². The maximum Gasteiger partial charge on any atom is 0.408 e. The Morgan fingerprint density at radius 2 is 1.66 bits per heavy atom. The molecule has 3 aromatic carbocycles. The number of carbonyl (C=O) groups is 1. The first kappa shape index (κ1) is 28.1. The number of ether oxygens (including phenoxy) is 1. The lowest BCUT2D eigenvalue weighted by Gasteiger charge is -2.24. The van der Waals surface area contributed by atoms with Crippen LogP contribution in [0.15, 0.2) is 85.1 Å². The number of nitrogens with one attached hydrogen (secondary N) is 2. The smallest absolute Gasteiger partial charge is 0.408 e. The number of rotatable bonds is 10. The Morgan fingerprint density at radius 3 is 2.41 bits per heavy atom. The quantitative estimate of drug-likeness (QED) is 0.195. The molecular weight excluding hydrogens is 510 g/mol. The lowest BCUT2D eigenvalue weighted by atomic mass is 10.0. The number of alkyl carbamates (subject to hydrolysis) is 1. The summed E-state index contributed by atoms with van der Waals surface area (Å²) in [4.78, 5) is 16.4. The summed E-state index contributed by atoms with van der Waals surface area (Å²) in [6.07, 6.45) is 4.76. The Morgan fingerprint density at radius 1 is 0.927 bits per heavy atom. The minimum absolute atomic E-state index is 0.440. The van der Waals surface area contributed by atoms with Crippen molar-refractivity contribution < 1.29 is 9.53 Å². The van der Waals surface area contributed by atoms with E-state index in [1.165, 1.54) is 11.1 Å². The summed E-state index contributed by atoms with van der Waals surface area (Å²) in [6.45, 7) is 8.30. The standard InChI is InChI=1S/C34H39N5O2/c1-24-17-19-26(20-18-24)23-39-31(16-10-13-25-11-6-5-7-12-25)37-38-32(39)30(36-33(40)41-34(2,3)4)21-27-22-35-29-15-9-8-14-28(27)29/h5-9,11-12,14-15,17-20,22,30,35H,10,13,16,21,23H2,1-4H3,(H,36,40)/t30-/m1/s1. The van der Waals surface area contributed by atoms with Crippen LogP contribution in [-0.4, -0.2) is 31.4 Å². The van der Waals surface area contributed by atoms with E-state index >= 15 is 0 Å². The van der Waals surface area contributed by atoms with Gasteiger partial charge in [0.05, 0.1) is 12.6 Å². The average molecular weight is 550 g/mol. The third-order valence-electron chi connectivity index (χ3n) is 7.13. The number of aromatic nitrogens is 4. The molecule has 0 saturated heterocycles. The molecule has 1 amide bonds. The van der Waals surface area contributed by atoms with Crippen LogP contribution < -0.4 is 5.32 Å². The fourth-order valence-corrected chi connectivity index (χ4v) is 5.11. The summed E-state index contributed by atoms with van der Waals surface area (Å²) in [5.41, 5.74) is 5.21. The van der Waals surface area contributed by atoms with E-state index in [1.54, 1.807) is 0 Å². The van der Waals surface area contributed by atoms with E-state index in [0.717, 1.165) is 52.9 Å². The first-order valence-electron chi connectivity index (χ1n) is 14.3. The zero-order valence-electron chi connectivity index (χ0n) is 24.4. The predicted octanol–water partition coefficient (Wildman–Crippen LogP) is 7.10. The molecule has 5 aromatic rings. The molecule has 7 heteroatoms. The largest absolute Gasteiger partial charge is 0.444 e. The van der Waals surface area contributed by atoms with Gasteiger partial charge in [0, 0.05) is 29.9 Å². The normalized spacial score (nSPS) is 12.4. The number of benzene rings is 3. The van der Waals surface area contributed by atoms with Crippen molar-refractivity contribution in [2.24, 2.45) is 0 Å². The monoisotopic (exact) mass is 549 g/mol. The van der Waals surface area contributed by atoms with Crippen LogP contribution in [0.25, 0.3) is 10.9 Å². The molecular formula is C34H39N5O2. The lowest BCUT2D eigenvalue weighted by molar-refractivity contribution is 0.0500. The molecule has 0 bridgehead atoms. The van der Waals surface area contributed by atoms with Gasteiger partial charge in [0.15, 0.2) is 5.82 Å². The number of fused-ring (bicyclic) bond motifs is 1. The van der Waals surface area contributed by atoms with Crippen LogP contribution in [0.2, 0.25) is 0 Å². The molecule has 2 aromatic heterocycles. The van der Waals surface area contributed by atoms with E-state index in [4.69, 9.17) is 9.84 Å². The first-order valence-corrected chi connectivity index (χ1v) is 14.3. The second-order valence-electron chi connectivity index (χ2n) is 11.6. The van der Waals surface area contributed by atoms with E-state index < -0.39 is 17.7 Å². The Kier molecular flexibility index (Phi) is 8.53. The molecule has 0 aliphatic heterocycles. The third-order valence-corrected chi connectivity index (χ3v) is 7.13. The fraction of sp³-hybridized carbons (Fsp3) is 0.324. The van der Waals surface area contributed by atoms with E-state index in [0.29, 0.717) is 13.0 Å². The van der Waals surface area contributed by atoms with E-state index in [2.05, 4.69) is 87.6 Å². The highest BCUT2D eigenvalue weighted by molar-refractivity contribution is 5.83. The summed E-state index contributed by atoms with van der Waals surface area (Å²) in [5, 5.41) is 13.6. The Bertz CT molecular complexity index is 1580. The zero-order chi connectivity index (χ0) is 28.8. The molecule has 0 saturated carbocycles. The van der Waals surface area contributed by atoms with Crippen molar-refractivity contribution in [3.8, 4) is 0 Å². The van der Waals surface area contributed by atoms with Crippen LogP contribution >= 0.6 is 0 Å². The molecule has 2 N–H and O–H groups in total. The minimum Gasteiger partial charge on any atom is -0.444 e. The number of H-pyrrole nitrogens is 1. The summed E-state index contributed by atoms with van der Waals surface area (Å²) in [7, 11) is 0. The molecule has 0 radical (unpaired) electrons. The number of amides is 1. The van der Waals surface area contributed by atoms with Gasteiger partial charge in [-0.25, -0.2) is 4.79 Å². The van der Waals surface area contributed by atoms with Gasteiger partial charge < -0.3 is 19.6 Å². The van der Waals surface area contributed by atoms with Crippen LogP contribution in [-0.2, 0) is 30.5 Å². The number of aromatic amines is 1. The molecule has 0 spiro atoms. The maximum absolute atomic E-state index is 13.1.